The molecule has 0 radical (unpaired) electrons. The summed E-state index contributed by atoms with van der Waals surface area (Å²) in [6.07, 6.45) is 0. The molecule has 0 amide bonds. The largest absolute Gasteiger partial charge is 0.342 e. The van der Waals surface area contributed by atoms with Crippen molar-refractivity contribution >= 4 is 38.9 Å². The van der Waals surface area contributed by atoms with Crippen LogP contribution in [0.2, 0.25) is 0 Å². The number of aromatic amines is 1. The molecule has 0 aliphatic rings. The van der Waals surface area contributed by atoms with E-state index in [4.69, 9.17) is 12.2 Å². The lowest BCUT2D eigenvalue weighted by Crippen LogP contribution is -1.94. The molecule has 1 N–H and O–H groups in total. The van der Waals surface area contributed by atoms with E-state index in [2.05, 4.69) is 50.2 Å². The molecule has 2 nitrogen and oxygen atoms in total. The number of aromatic nitrogens is 2. The minimum Gasteiger partial charge on any atom is -0.342 e. The number of nitrogens with zero attached hydrogens (tertiary/aromatic N) is 1. The fraction of sp³-hybridized carbons (Fsp3) is 0.0667. The molecule has 19 heavy (non-hydrogen) atoms. The first kappa shape index (κ1) is 12.5. The summed E-state index contributed by atoms with van der Waals surface area (Å²) in [6, 6.07) is 14.5. The van der Waals surface area contributed by atoms with Crippen molar-refractivity contribution in [2.24, 2.45) is 0 Å². The van der Waals surface area contributed by atoms with Gasteiger partial charge in [0.05, 0.1) is 4.47 Å². The highest BCUT2D eigenvalue weighted by atomic mass is 79.9. The number of benzene rings is 2. The van der Waals surface area contributed by atoms with Gasteiger partial charge in [0.25, 0.3) is 0 Å². The zero-order valence-corrected chi connectivity index (χ0v) is 12.7. The van der Waals surface area contributed by atoms with E-state index in [0.29, 0.717) is 4.64 Å². The minimum absolute atomic E-state index is 0.583. The third-order valence-corrected chi connectivity index (χ3v) is 4.61. The molecule has 2 aromatic carbocycles. The fourth-order valence-electron chi connectivity index (χ4n) is 2.13. The van der Waals surface area contributed by atoms with Gasteiger partial charge in [-0.2, -0.15) is 0 Å². The second-order valence-corrected chi connectivity index (χ2v) is 5.54. The Balaban J connectivity index is 2.34. The second-order valence-electron chi connectivity index (χ2n) is 4.36. The number of nitrogens with one attached hydrogen (secondary N) is 1. The first-order valence-electron chi connectivity index (χ1n) is 5.91. The van der Waals surface area contributed by atoms with Crippen LogP contribution in [0.1, 0.15) is 5.69 Å². The highest BCUT2D eigenvalue weighted by Crippen LogP contribution is 2.27. The first-order chi connectivity index (χ1) is 9.16. The Hall–Kier alpha value is -1.52. The van der Waals surface area contributed by atoms with Crippen LogP contribution in [-0.2, 0) is 0 Å². The molecule has 0 bridgehead atoms. The molecule has 0 saturated carbocycles. The molecule has 1 aromatic heterocycles. The molecule has 0 spiro atoms. The van der Waals surface area contributed by atoms with Crippen molar-refractivity contribution in [3.8, 4) is 11.4 Å². The van der Waals surface area contributed by atoms with Crippen molar-refractivity contribution in [3.05, 3.63) is 57.3 Å². The average Bonchev–Trinajstić information content (AvgIpc) is 2.43. The summed E-state index contributed by atoms with van der Waals surface area (Å²) in [5.41, 5.74) is 2.06. The Morgan fingerprint density at radius 3 is 2.63 bits per heavy atom. The van der Waals surface area contributed by atoms with Crippen LogP contribution in [0.5, 0.6) is 0 Å². The fourth-order valence-corrected chi connectivity index (χ4v) is 2.56. The van der Waals surface area contributed by atoms with Crippen LogP contribution in [0, 0.1) is 11.6 Å². The van der Waals surface area contributed by atoms with E-state index in [1.165, 1.54) is 10.8 Å². The Bertz CT molecular complexity index is 818. The third-order valence-electron chi connectivity index (χ3n) is 3.08. The summed E-state index contributed by atoms with van der Waals surface area (Å²) in [5, 5.41) is 2.37. The van der Waals surface area contributed by atoms with Crippen molar-refractivity contribution in [1.82, 2.24) is 9.97 Å². The number of H-pyrrole nitrogens is 1. The molecule has 3 aromatic rings. The first-order valence-corrected chi connectivity index (χ1v) is 7.11. The normalized spacial score (nSPS) is 10.8. The van der Waals surface area contributed by atoms with E-state index >= 15 is 0 Å². The summed E-state index contributed by atoms with van der Waals surface area (Å²) in [5.74, 6) is 0.808. The van der Waals surface area contributed by atoms with E-state index in [1.54, 1.807) is 0 Å². The summed E-state index contributed by atoms with van der Waals surface area (Å²) >= 11 is 8.71. The number of halogens is 1. The molecular weight excluding hydrogens is 320 g/mol. The van der Waals surface area contributed by atoms with Crippen LogP contribution in [0.4, 0.5) is 0 Å². The maximum Gasteiger partial charge on any atom is 0.144 e. The monoisotopic (exact) mass is 330 g/mol. The molecule has 0 aliphatic carbocycles. The molecule has 0 atom stereocenters. The van der Waals surface area contributed by atoms with Crippen molar-refractivity contribution in [2.75, 3.05) is 0 Å². The molecule has 1 heterocycles. The summed E-state index contributed by atoms with van der Waals surface area (Å²) in [7, 11) is 0. The lowest BCUT2D eigenvalue weighted by Gasteiger charge is -2.08. The molecular formula is C15H11BrN2S. The van der Waals surface area contributed by atoms with Crippen molar-refractivity contribution in [3.63, 3.8) is 0 Å². The van der Waals surface area contributed by atoms with E-state index in [1.807, 2.05) is 25.1 Å². The number of rotatable bonds is 1. The molecule has 0 saturated heterocycles. The van der Waals surface area contributed by atoms with E-state index in [0.717, 1.165) is 21.6 Å². The predicted octanol–water partition coefficient (Wildman–Crippen LogP) is 5.03. The van der Waals surface area contributed by atoms with Gasteiger partial charge in [0.2, 0.25) is 0 Å². The van der Waals surface area contributed by atoms with E-state index < -0.39 is 0 Å². The zero-order chi connectivity index (χ0) is 13.4. The van der Waals surface area contributed by atoms with Gasteiger partial charge < -0.3 is 4.98 Å². The highest BCUT2D eigenvalue weighted by molar-refractivity contribution is 9.10. The van der Waals surface area contributed by atoms with Gasteiger partial charge in [0.15, 0.2) is 0 Å². The average molecular weight is 331 g/mol. The van der Waals surface area contributed by atoms with Crippen molar-refractivity contribution in [2.45, 2.75) is 6.92 Å². The Morgan fingerprint density at radius 1 is 1.11 bits per heavy atom. The van der Waals surface area contributed by atoms with Crippen LogP contribution in [0.15, 0.2) is 46.9 Å². The lowest BCUT2D eigenvalue weighted by atomic mass is 10.0. The van der Waals surface area contributed by atoms with Gasteiger partial charge in [-0.1, -0.05) is 54.7 Å². The second kappa shape index (κ2) is 4.87. The maximum atomic E-state index is 5.27. The van der Waals surface area contributed by atoms with Gasteiger partial charge in [0.1, 0.15) is 10.5 Å². The molecule has 0 unspecified atom stereocenters. The van der Waals surface area contributed by atoms with Gasteiger partial charge in [-0.3, -0.25) is 0 Å². The lowest BCUT2D eigenvalue weighted by molar-refractivity contribution is 1.08. The quantitative estimate of drug-likeness (QED) is 0.634. The maximum absolute atomic E-state index is 5.27. The van der Waals surface area contributed by atoms with Crippen LogP contribution in [0.25, 0.3) is 22.2 Å². The summed E-state index contributed by atoms with van der Waals surface area (Å²) in [4.78, 5) is 7.77. The van der Waals surface area contributed by atoms with E-state index in [9.17, 15) is 0 Å². The van der Waals surface area contributed by atoms with Gasteiger partial charge in [-0.05, 0) is 33.6 Å². The minimum atomic E-state index is 0.583. The number of fused-ring (bicyclic) bond motifs is 1. The highest BCUT2D eigenvalue weighted by Gasteiger charge is 2.07. The van der Waals surface area contributed by atoms with Crippen LogP contribution < -0.4 is 0 Å². The van der Waals surface area contributed by atoms with Gasteiger partial charge in [0, 0.05) is 11.3 Å². The predicted molar refractivity (Wildman–Crippen MR) is 84.8 cm³/mol. The smallest absolute Gasteiger partial charge is 0.144 e. The topological polar surface area (TPSA) is 28.7 Å². The molecule has 0 aliphatic heterocycles. The zero-order valence-electron chi connectivity index (χ0n) is 10.3. The van der Waals surface area contributed by atoms with Gasteiger partial charge in [-0.15, -0.1) is 0 Å². The number of hydrogen-bond donors (Lipinski definition) is 1. The van der Waals surface area contributed by atoms with Crippen molar-refractivity contribution in [1.29, 1.82) is 0 Å². The molecule has 0 fully saturated rings. The number of hydrogen-bond acceptors (Lipinski definition) is 2. The van der Waals surface area contributed by atoms with Crippen molar-refractivity contribution < 1.29 is 0 Å². The van der Waals surface area contributed by atoms with E-state index in [-0.39, 0.29) is 0 Å². The van der Waals surface area contributed by atoms with Gasteiger partial charge in [-0.25, -0.2) is 4.98 Å². The van der Waals surface area contributed by atoms with Crippen LogP contribution >= 0.6 is 28.1 Å². The SMILES string of the molecule is Cc1[nH]c(-c2cccc3ccccc23)nc(=S)c1Br. The molecule has 94 valence electrons. The molecule has 3 rings (SSSR count). The number of aryl methyl sites for hydroxylation is 1. The van der Waals surface area contributed by atoms with Crippen LogP contribution in [-0.4, -0.2) is 9.97 Å². The molecule has 4 heteroatoms. The Morgan fingerprint density at radius 2 is 1.84 bits per heavy atom. The Kier molecular flexibility index (Phi) is 3.21. The summed E-state index contributed by atoms with van der Waals surface area (Å²) < 4.78 is 1.44. The van der Waals surface area contributed by atoms with Crippen LogP contribution in [0.3, 0.4) is 0 Å². The summed E-state index contributed by atoms with van der Waals surface area (Å²) in [6.45, 7) is 1.98. The Labute approximate surface area is 124 Å². The van der Waals surface area contributed by atoms with Gasteiger partial charge >= 0.3 is 0 Å². The third kappa shape index (κ3) is 2.22. The standard InChI is InChI=1S/C15H11BrN2S/c1-9-13(16)15(19)18-14(17-9)12-8-4-6-10-5-2-3-7-11(10)12/h2-8H,1H3,(H,17,18,19).